The van der Waals surface area contributed by atoms with E-state index in [2.05, 4.69) is 17.1 Å². The van der Waals surface area contributed by atoms with E-state index in [1.165, 1.54) is 30.7 Å². The lowest BCUT2D eigenvalue weighted by atomic mass is 10.0. The summed E-state index contributed by atoms with van der Waals surface area (Å²) >= 11 is 0. The monoisotopic (exact) mass is 295 g/mol. The minimum Gasteiger partial charge on any atom is -0.305 e. The van der Waals surface area contributed by atoms with Crippen molar-refractivity contribution in [2.24, 2.45) is 0 Å². The number of amides is 2. The van der Waals surface area contributed by atoms with Gasteiger partial charge in [0.05, 0.1) is 12.5 Å². The standard InChI is InChI=1S/C16H29N3O2/c1-12(2)19-15(20)11-14(16(19)21)17-8-6-10-18-9-5-4-7-13(18)3/h12-14,17H,4-11H2,1-3H3. The van der Waals surface area contributed by atoms with Crippen LogP contribution < -0.4 is 5.32 Å². The molecule has 2 atom stereocenters. The summed E-state index contributed by atoms with van der Waals surface area (Å²) < 4.78 is 0. The SMILES string of the molecule is CC1CCCCN1CCCNC1CC(=O)N(C(C)C)C1=O. The van der Waals surface area contributed by atoms with E-state index in [1.807, 2.05) is 13.8 Å². The van der Waals surface area contributed by atoms with Crippen molar-refractivity contribution >= 4 is 11.8 Å². The van der Waals surface area contributed by atoms with Gasteiger partial charge >= 0.3 is 0 Å². The van der Waals surface area contributed by atoms with Crippen LogP contribution >= 0.6 is 0 Å². The Morgan fingerprint density at radius 3 is 2.67 bits per heavy atom. The molecule has 2 saturated heterocycles. The molecule has 120 valence electrons. The summed E-state index contributed by atoms with van der Waals surface area (Å²) in [6.45, 7) is 9.15. The van der Waals surface area contributed by atoms with E-state index in [4.69, 9.17) is 0 Å². The topological polar surface area (TPSA) is 52.7 Å². The summed E-state index contributed by atoms with van der Waals surface area (Å²) in [4.78, 5) is 27.9. The van der Waals surface area contributed by atoms with E-state index in [0.29, 0.717) is 12.5 Å². The average Bonchev–Trinajstić information content (AvgIpc) is 2.71. The molecule has 2 aliphatic heterocycles. The quantitative estimate of drug-likeness (QED) is 0.594. The van der Waals surface area contributed by atoms with Crippen molar-refractivity contribution in [2.45, 2.75) is 71.0 Å². The van der Waals surface area contributed by atoms with Gasteiger partial charge in [0.15, 0.2) is 0 Å². The molecule has 0 bridgehead atoms. The van der Waals surface area contributed by atoms with Gasteiger partial charge in [-0.05, 0) is 59.7 Å². The number of likely N-dealkylation sites (tertiary alicyclic amines) is 2. The number of hydrogen-bond donors (Lipinski definition) is 1. The third-order valence-corrected chi connectivity index (χ3v) is 4.65. The molecule has 1 N–H and O–H groups in total. The molecule has 2 rings (SSSR count). The van der Waals surface area contributed by atoms with E-state index in [1.54, 1.807) is 0 Å². The highest BCUT2D eigenvalue weighted by atomic mass is 16.2. The van der Waals surface area contributed by atoms with Crippen molar-refractivity contribution in [3.63, 3.8) is 0 Å². The predicted octanol–water partition coefficient (Wildman–Crippen LogP) is 1.38. The molecule has 2 fully saturated rings. The second-order valence-corrected chi connectivity index (χ2v) is 6.64. The maximum absolute atomic E-state index is 12.1. The molecule has 2 unspecified atom stereocenters. The van der Waals surface area contributed by atoms with Crippen LogP contribution in [-0.2, 0) is 9.59 Å². The van der Waals surface area contributed by atoms with E-state index in [0.717, 1.165) is 19.5 Å². The Labute approximate surface area is 128 Å². The summed E-state index contributed by atoms with van der Waals surface area (Å²) in [7, 11) is 0. The number of piperidine rings is 1. The fourth-order valence-corrected chi connectivity index (χ4v) is 3.40. The summed E-state index contributed by atoms with van der Waals surface area (Å²) in [5, 5.41) is 3.26. The van der Waals surface area contributed by atoms with Crippen LogP contribution in [0.2, 0.25) is 0 Å². The van der Waals surface area contributed by atoms with Gasteiger partial charge in [-0.1, -0.05) is 6.42 Å². The lowest BCUT2D eigenvalue weighted by Gasteiger charge is -2.33. The molecule has 0 aromatic heterocycles. The number of nitrogens with one attached hydrogen (secondary N) is 1. The largest absolute Gasteiger partial charge is 0.305 e. The smallest absolute Gasteiger partial charge is 0.247 e. The van der Waals surface area contributed by atoms with Crippen molar-refractivity contribution in [1.82, 2.24) is 15.1 Å². The molecule has 21 heavy (non-hydrogen) atoms. The summed E-state index contributed by atoms with van der Waals surface area (Å²) in [5.74, 6) is -0.0986. The molecule has 2 heterocycles. The predicted molar refractivity (Wildman–Crippen MR) is 82.9 cm³/mol. The molecule has 0 aromatic rings. The normalized spacial score (nSPS) is 27.9. The lowest BCUT2D eigenvalue weighted by Crippen LogP contribution is -2.43. The maximum atomic E-state index is 12.1. The molecule has 0 radical (unpaired) electrons. The van der Waals surface area contributed by atoms with Crippen LogP contribution in [0.5, 0.6) is 0 Å². The Hall–Kier alpha value is -0.940. The summed E-state index contributed by atoms with van der Waals surface area (Å²) in [5.41, 5.74) is 0. The highest BCUT2D eigenvalue weighted by molar-refractivity contribution is 6.05. The van der Waals surface area contributed by atoms with E-state index in [9.17, 15) is 9.59 Å². The first-order valence-electron chi connectivity index (χ1n) is 8.34. The Morgan fingerprint density at radius 2 is 2.05 bits per heavy atom. The number of hydrogen-bond acceptors (Lipinski definition) is 4. The molecule has 0 aromatic carbocycles. The molecule has 2 amide bonds. The van der Waals surface area contributed by atoms with Gasteiger partial charge in [0.1, 0.15) is 0 Å². The van der Waals surface area contributed by atoms with Crippen LogP contribution in [0, 0.1) is 0 Å². The lowest BCUT2D eigenvalue weighted by molar-refractivity contribution is -0.140. The van der Waals surface area contributed by atoms with Crippen molar-refractivity contribution in [1.29, 1.82) is 0 Å². The fourth-order valence-electron chi connectivity index (χ4n) is 3.40. The molecule has 2 aliphatic rings. The minimum absolute atomic E-state index is 0.0361. The molecular formula is C16H29N3O2. The van der Waals surface area contributed by atoms with Gasteiger partial charge < -0.3 is 10.2 Å². The number of rotatable bonds is 6. The van der Waals surface area contributed by atoms with E-state index >= 15 is 0 Å². The van der Waals surface area contributed by atoms with Crippen LogP contribution in [0.4, 0.5) is 0 Å². The average molecular weight is 295 g/mol. The molecular weight excluding hydrogens is 266 g/mol. The zero-order chi connectivity index (χ0) is 15.4. The van der Waals surface area contributed by atoms with Crippen LogP contribution in [0.15, 0.2) is 0 Å². The van der Waals surface area contributed by atoms with Gasteiger partial charge in [-0.15, -0.1) is 0 Å². The van der Waals surface area contributed by atoms with Gasteiger partial charge in [0.2, 0.25) is 11.8 Å². The molecule has 5 heteroatoms. The van der Waals surface area contributed by atoms with Gasteiger partial charge in [-0.25, -0.2) is 0 Å². The third-order valence-electron chi connectivity index (χ3n) is 4.65. The minimum atomic E-state index is -0.307. The Bertz CT molecular complexity index is 384. The van der Waals surface area contributed by atoms with Crippen LogP contribution in [0.25, 0.3) is 0 Å². The van der Waals surface area contributed by atoms with E-state index in [-0.39, 0.29) is 23.9 Å². The molecule has 0 saturated carbocycles. The second-order valence-electron chi connectivity index (χ2n) is 6.64. The van der Waals surface area contributed by atoms with E-state index < -0.39 is 0 Å². The van der Waals surface area contributed by atoms with Crippen LogP contribution in [-0.4, -0.2) is 59.4 Å². The molecule has 5 nitrogen and oxygen atoms in total. The van der Waals surface area contributed by atoms with Gasteiger partial charge in [0.25, 0.3) is 0 Å². The number of carbonyl (C=O) groups excluding carboxylic acids is 2. The third kappa shape index (κ3) is 4.04. The number of nitrogens with zero attached hydrogens (tertiary/aromatic N) is 2. The first-order valence-corrected chi connectivity index (χ1v) is 8.34. The summed E-state index contributed by atoms with van der Waals surface area (Å²) in [6, 6.07) is 0.342. The molecule has 0 aliphatic carbocycles. The zero-order valence-corrected chi connectivity index (χ0v) is 13.6. The van der Waals surface area contributed by atoms with Gasteiger partial charge in [0, 0.05) is 12.1 Å². The number of carbonyl (C=O) groups is 2. The highest BCUT2D eigenvalue weighted by Gasteiger charge is 2.39. The maximum Gasteiger partial charge on any atom is 0.247 e. The van der Waals surface area contributed by atoms with Crippen molar-refractivity contribution < 1.29 is 9.59 Å². The fraction of sp³-hybridized carbons (Fsp3) is 0.875. The van der Waals surface area contributed by atoms with Crippen LogP contribution in [0.3, 0.4) is 0 Å². The first kappa shape index (κ1) is 16.4. The Morgan fingerprint density at radius 1 is 1.29 bits per heavy atom. The van der Waals surface area contributed by atoms with Crippen molar-refractivity contribution in [3.8, 4) is 0 Å². The summed E-state index contributed by atoms with van der Waals surface area (Å²) in [6.07, 6.45) is 5.30. The van der Waals surface area contributed by atoms with Crippen LogP contribution in [0.1, 0.15) is 52.9 Å². The number of imide groups is 1. The molecule has 0 spiro atoms. The zero-order valence-electron chi connectivity index (χ0n) is 13.6. The van der Waals surface area contributed by atoms with Crippen molar-refractivity contribution in [2.75, 3.05) is 19.6 Å². The van der Waals surface area contributed by atoms with Crippen molar-refractivity contribution in [3.05, 3.63) is 0 Å². The Balaban J connectivity index is 1.69. The van der Waals surface area contributed by atoms with Gasteiger partial charge in [-0.2, -0.15) is 0 Å². The second kappa shape index (κ2) is 7.36. The van der Waals surface area contributed by atoms with Gasteiger partial charge in [-0.3, -0.25) is 14.5 Å². The Kier molecular flexibility index (Phi) is 5.76. The first-order chi connectivity index (χ1) is 10.0. The highest BCUT2D eigenvalue weighted by Crippen LogP contribution is 2.17.